The Morgan fingerprint density at radius 3 is 2.29 bits per heavy atom. The summed E-state index contributed by atoms with van der Waals surface area (Å²) in [6, 6.07) is 8.84. The van der Waals surface area contributed by atoms with Gasteiger partial charge in [-0.15, -0.1) is 0 Å². The van der Waals surface area contributed by atoms with Gasteiger partial charge >= 0.3 is 0 Å². The van der Waals surface area contributed by atoms with Crippen LogP contribution in [0.15, 0.2) is 36.4 Å². The summed E-state index contributed by atoms with van der Waals surface area (Å²) in [5.41, 5.74) is -0.893. The third kappa shape index (κ3) is 3.35. The van der Waals surface area contributed by atoms with Crippen molar-refractivity contribution in [2.45, 2.75) is 17.8 Å². The molecule has 0 radical (unpaired) electrons. The van der Waals surface area contributed by atoms with E-state index in [9.17, 15) is 25.5 Å². The zero-order valence-electron chi connectivity index (χ0n) is 15.6. The number of aromatic hydroxyl groups is 2. The molecule has 0 bridgehead atoms. The fourth-order valence-electron chi connectivity index (χ4n) is 3.60. The van der Waals surface area contributed by atoms with Crippen LogP contribution in [-0.4, -0.2) is 58.6 Å². The Labute approximate surface area is 162 Å². The summed E-state index contributed by atoms with van der Waals surface area (Å²) in [6.07, 6.45) is -2.12. The van der Waals surface area contributed by atoms with Crippen molar-refractivity contribution in [1.29, 1.82) is 0 Å². The third-order valence-electron chi connectivity index (χ3n) is 5.22. The maximum Gasteiger partial charge on any atom is 0.160 e. The monoisotopic (exact) mass is 392 g/mol. The summed E-state index contributed by atoms with van der Waals surface area (Å²) >= 11 is 0. The lowest BCUT2D eigenvalue weighted by molar-refractivity contribution is -0.110. The second kappa shape index (κ2) is 7.84. The van der Waals surface area contributed by atoms with E-state index in [0.29, 0.717) is 11.1 Å². The van der Waals surface area contributed by atoms with Gasteiger partial charge < -0.3 is 39.7 Å². The highest BCUT2D eigenvalue weighted by Crippen LogP contribution is 2.48. The molecule has 8 nitrogen and oxygen atoms in total. The number of phenols is 2. The normalized spacial score (nSPS) is 25.5. The molecule has 0 aliphatic carbocycles. The number of aliphatic hydroxyl groups is 3. The molecule has 1 fully saturated rings. The second-order valence-electron chi connectivity index (χ2n) is 6.78. The van der Waals surface area contributed by atoms with E-state index >= 15 is 0 Å². The van der Waals surface area contributed by atoms with Gasteiger partial charge in [0.05, 0.1) is 33.5 Å². The molecule has 5 N–H and O–H groups in total. The predicted molar refractivity (Wildman–Crippen MR) is 98.5 cm³/mol. The number of ether oxygens (including phenoxy) is 3. The minimum Gasteiger partial charge on any atom is -0.504 e. The number of hydrogen-bond donors (Lipinski definition) is 5. The number of rotatable bonds is 6. The Morgan fingerprint density at radius 2 is 1.68 bits per heavy atom. The SMILES string of the molecule is COc1cc([C@H]2OC[C@@](O)([C@@H](O)c3ccc(O)c(OC)c3)[C@@H]2CO)ccc1O. The van der Waals surface area contributed by atoms with Gasteiger partial charge in [0.15, 0.2) is 23.0 Å². The molecule has 0 saturated carbocycles. The molecule has 1 aliphatic rings. The number of aliphatic hydroxyl groups excluding tert-OH is 2. The van der Waals surface area contributed by atoms with E-state index in [1.54, 1.807) is 12.1 Å². The highest BCUT2D eigenvalue weighted by Gasteiger charge is 2.53. The summed E-state index contributed by atoms with van der Waals surface area (Å²) < 4.78 is 15.9. The summed E-state index contributed by atoms with van der Waals surface area (Å²) in [5, 5.41) is 51.5. The molecule has 2 aromatic rings. The van der Waals surface area contributed by atoms with Gasteiger partial charge in [0.25, 0.3) is 0 Å². The minimum absolute atomic E-state index is 0.0451. The van der Waals surface area contributed by atoms with Gasteiger partial charge in [0, 0.05) is 5.92 Å². The largest absolute Gasteiger partial charge is 0.504 e. The molecule has 2 aromatic carbocycles. The lowest BCUT2D eigenvalue weighted by Crippen LogP contribution is -2.45. The van der Waals surface area contributed by atoms with E-state index in [1.807, 2.05) is 0 Å². The fraction of sp³-hybridized carbons (Fsp3) is 0.400. The topological polar surface area (TPSA) is 129 Å². The molecule has 8 heteroatoms. The summed E-state index contributed by atoms with van der Waals surface area (Å²) in [6.45, 7) is -0.674. The van der Waals surface area contributed by atoms with Crippen LogP contribution < -0.4 is 9.47 Å². The van der Waals surface area contributed by atoms with Crippen molar-refractivity contribution in [3.8, 4) is 23.0 Å². The van der Waals surface area contributed by atoms with Gasteiger partial charge in [-0.1, -0.05) is 12.1 Å². The van der Waals surface area contributed by atoms with Crippen LogP contribution in [0, 0.1) is 5.92 Å². The Balaban J connectivity index is 1.93. The van der Waals surface area contributed by atoms with Crippen LogP contribution in [0.1, 0.15) is 23.3 Å². The Kier molecular flexibility index (Phi) is 5.66. The maximum atomic E-state index is 11.2. The maximum absolute atomic E-state index is 11.2. The first-order valence-electron chi connectivity index (χ1n) is 8.72. The van der Waals surface area contributed by atoms with Crippen LogP contribution in [0.3, 0.4) is 0 Å². The molecular formula is C20H24O8. The van der Waals surface area contributed by atoms with Crippen molar-refractivity contribution in [2.75, 3.05) is 27.4 Å². The van der Waals surface area contributed by atoms with E-state index in [1.165, 1.54) is 38.5 Å². The van der Waals surface area contributed by atoms with E-state index in [-0.39, 0.29) is 29.6 Å². The summed E-state index contributed by atoms with van der Waals surface area (Å²) in [4.78, 5) is 0. The van der Waals surface area contributed by atoms with Gasteiger partial charge in [-0.2, -0.15) is 0 Å². The third-order valence-corrected chi connectivity index (χ3v) is 5.22. The number of methoxy groups -OCH3 is 2. The Hall–Kier alpha value is -2.52. The van der Waals surface area contributed by atoms with Crippen molar-refractivity contribution in [2.24, 2.45) is 5.92 Å². The molecule has 1 heterocycles. The van der Waals surface area contributed by atoms with E-state index in [0.717, 1.165) is 0 Å². The van der Waals surface area contributed by atoms with Gasteiger partial charge in [0.1, 0.15) is 11.7 Å². The van der Waals surface area contributed by atoms with Crippen LogP contribution in [0.2, 0.25) is 0 Å². The molecule has 3 rings (SSSR count). The standard InChI is InChI=1S/C20H24O8/c1-26-16-7-11(3-5-14(16)22)18-13(9-21)20(25,10-28-18)19(24)12-4-6-15(23)17(8-12)27-2/h3-8,13,18-19,21-25H,9-10H2,1-2H3/t13-,18-,19+,20+/m1/s1. The first kappa shape index (κ1) is 20.2. The predicted octanol–water partition coefficient (Wildman–Crippen LogP) is 1.26. The van der Waals surface area contributed by atoms with Crippen molar-refractivity contribution in [3.63, 3.8) is 0 Å². The van der Waals surface area contributed by atoms with Crippen molar-refractivity contribution >= 4 is 0 Å². The zero-order valence-corrected chi connectivity index (χ0v) is 15.6. The fourth-order valence-corrected chi connectivity index (χ4v) is 3.60. The molecule has 0 amide bonds. The highest BCUT2D eigenvalue weighted by molar-refractivity contribution is 5.44. The molecule has 0 aromatic heterocycles. The van der Waals surface area contributed by atoms with Gasteiger partial charge in [0.2, 0.25) is 0 Å². The van der Waals surface area contributed by atoms with Crippen molar-refractivity contribution in [1.82, 2.24) is 0 Å². The summed E-state index contributed by atoms with van der Waals surface area (Å²) in [7, 11) is 2.79. The molecule has 4 atom stereocenters. The lowest BCUT2D eigenvalue weighted by Gasteiger charge is -2.34. The number of phenolic OH excluding ortho intramolecular Hbond substituents is 2. The van der Waals surface area contributed by atoms with Crippen LogP contribution >= 0.6 is 0 Å². The number of benzene rings is 2. The van der Waals surface area contributed by atoms with Crippen molar-refractivity contribution < 1.29 is 39.7 Å². The molecule has 28 heavy (non-hydrogen) atoms. The van der Waals surface area contributed by atoms with E-state index in [4.69, 9.17) is 14.2 Å². The van der Waals surface area contributed by atoms with Crippen LogP contribution in [0.4, 0.5) is 0 Å². The smallest absolute Gasteiger partial charge is 0.160 e. The summed E-state index contributed by atoms with van der Waals surface area (Å²) in [5.74, 6) is -0.606. The van der Waals surface area contributed by atoms with Crippen LogP contribution in [0.5, 0.6) is 23.0 Å². The van der Waals surface area contributed by atoms with Gasteiger partial charge in [-0.05, 0) is 35.4 Å². The van der Waals surface area contributed by atoms with Gasteiger partial charge in [-0.25, -0.2) is 0 Å². The van der Waals surface area contributed by atoms with Crippen molar-refractivity contribution in [3.05, 3.63) is 47.5 Å². The molecule has 1 saturated heterocycles. The van der Waals surface area contributed by atoms with E-state index in [2.05, 4.69) is 0 Å². The zero-order chi connectivity index (χ0) is 20.5. The quantitative estimate of drug-likeness (QED) is 0.497. The first-order chi connectivity index (χ1) is 13.3. The lowest BCUT2D eigenvalue weighted by atomic mass is 9.78. The van der Waals surface area contributed by atoms with Crippen LogP contribution in [-0.2, 0) is 4.74 Å². The Morgan fingerprint density at radius 1 is 1.07 bits per heavy atom. The van der Waals surface area contributed by atoms with Crippen LogP contribution in [0.25, 0.3) is 0 Å². The van der Waals surface area contributed by atoms with E-state index < -0.39 is 30.3 Å². The molecule has 0 unspecified atom stereocenters. The Bertz CT molecular complexity index is 787. The number of hydrogen-bond acceptors (Lipinski definition) is 8. The average molecular weight is 392 g/mol. The highest BCUT2D eigenvalue weighted by atomic mass is 16.5. The first-order valence-corrected chi connectivity index (χ1v) is 8.72. The molecule has 0 spiro atoms. The molecular weight excluding hydrogens is 368 g/mol. The minimum atomic E-state index is -1.79. The molecule has 1 aliphatic heterocycles. The van der Waals surface area contributed by atoms with Gasteiger partial charge in [-0.3, -0.25) is 0 Å². The second-order valence-corrected chi connectivity index (χ2v) is 6.78. The average Bonchev–Trinajstić information content (AvgIpc) is 3.05. The molecule has 152 valence electrons.